The first-order chi connectivity index (χ1) is 15.9. The molecule has 0 fully saturated rings. The molecule has 0 saturated heterocycles. The van der Waals surface area contributed by atoms with Crippen LogP contribution in [0.15, 0.2) is 63.2 Å². The maximum absolute atomic E-state index is 12.5. The molecule has 15 heteroatoms. The van der Waals surface area contributed by atoms with Crippen molar-refractivity contribution in [1.29, 1.82) is 0 Å². The standard InChI is InChI=1S/C19H13BrF6N6O2/c20-12-3-1-2-11(8-12)9-27-32-16-29-15(30-17(31-16)33-10-18(21,22)23)28-13-4-6-14(7-5-13)34-19(24,25)26/h1-8H,9-10H2,(H,28,29,30,31). The molecule has 0 aliphatic rings. The highest BCUT2D eigenvalue weighted by Gasteiger charge is 2.31. The number of azo groups is 1. The van der Waals surface area contributed by atoms with E-state index in [1.54, 1.807) is 18.2 Å². The third kappa shape index (κ3) is 8.80. The fourth-order valence-electron chi connectivity index (χ4n) is 2.34. The molecule has 2 aromatic carbocycles. The summed E-state index contributed by atoms with van der Waals surface area (Å²) in [5.41, 5.74) is 1.000. The van der Waals surface area contributed by atoms with Crippen LogP contribution < -0.4 is 14.8 Å². The summed E-state index contributed by atoms with van der Waals surface area (Å²) in [4.78, 5) is 11.3. The summed E-state index contributed by atoms with van der Waals surface area (Å²) in [7, 11) is 0. The predicted molar refractivity (Wildman–Crippen MR) is 110 cm³/mol. The first kappa shape index (κ1) is 25.1. The van der Waals surface area contributed by atoms with Crippen molar-refractivity contribution in [3.8, 4) is 11.8 Å². The molecule has 180 valence electrons. The molecule has 0 atom stereocenters. The largest absolute Gasteiger partial charge is 0.573 e. The fraction of sp³-hybridized carbons (Fsp3) is 0.211. The average molecular weight is 551 g/mol. The summed E-state index contributed by atoms with van der Waals surface area (Å²) >= 11 is 3.32. The second kappa shape index (κ2) is 10.6. The number of nitrogens with one attached hydrogen (secondary N) is 1. The Kier molecular flexibility index (Phi) is 7.86. The number of alkyl halides is 6. The van der Waals surface area contributed by atoms with Crippen LogP contribution in [0.4, 0.5) is 43.9 Å². The molecule has 1 heterocycles. The molecular weight excluding hydrogens is 538 g/mol. The van der Waals surface area contributed by atoms with Crippen LogP contribution in [-0.4, -0.2) is 34.1 Å². The lowest BCUT2D eigenvalue weighted by Gasteiger charge is -2.11. The Bertz CT molecular complexity index is 1140. The number of rotatable bonds is 8. The fourth-order valence-corrected chi connectivity index (χ4v) is 2.79. The molecule has 34 heavy (non-hydrogen) atoms. The zero-order valence-electron chi connectivity index (χ0n) is 16.7. The molecule has 0 amide bonds. The van der Waals surface area contributed by atoms with Gasteiger partial charge in [0, 0.05) is 10.2 Å². The molecule has 8 nitrogen and oxygen atoms in total. The highest BCUT2D eigenvalue weighted by molar-refractivity contribution is 9.10. The van der Waals surface area contributed by atoms with E-state index in [2.05, 4.69) is 55.9 Å². The van der Waals surface area contributed by atoms with Crippen LogP contribution in [0.3, 0.4) is 0 Å². The van der Waals surface area contributed by atoms with Crippen molar-refractivity contribution in [3.63, 3.8) is 0 Å². The molecule has 0 unspecified atom stereocenters. The summed E-state index contributed by atoms with van der Waals surface area (Å²) in [6.45, 7) is -1.53. The third-order valence-electron chi connectivity index (χ3n) is 3.61. The maximum Gasteiger partial charge on any atom is 0.573 e. The van der Waals surface area contributed by atoms with Gasteiger partial charge in [-0.25, -0.2) is 0 Å². The Morgan fingerprint density at radius 3 is 2.32 bits per heavy atom. The summed E-state index contributed by atoms with van der Waals surface area (Å²) in [6.07, 6.45) is -9.50. The second-order valence-corrected chi connectivity index (χ2v) is 7.29. The Morgan fingerprint density at radius 2 is 1.68 bits per heavy atom. The van der Waals surface area contributed by atoms with E-state index >= 15 is 0 Å². The van der Waals surface area contributed by atoms with Crippen molar-refractivity contribution in [3.05, 3.63) is 58.6 Å². The minimum absolute atomic E-state index is 0.132. The van der Waals surface area contributed by atoms with E-state index in [-0.39, 0.29) is 24.1 Å². The number of anilines is 2. The van der Waals surface area contributed by atoms with Crippen LogP contribution >= 0.6 is 15.9 Å². The van der Waals surface area contributed by atoms with Gasteiger partial charge in [-0.1, -0.05) is 28.1 Å². The first-order valence-corrected chi connectivity index (χ1v) is 9.95. The van der Waals surface area contributed by atoms with E-state index in [0.717, 1.165) is 22.2 Å². The molecule has 0 bridgehead atoms. The highest BCUT2D eigenvalue weighted by Crippen LogP contribution is 2.26. The zero-order valence-corrected chi connectivity index (χ0v) is 18.3. The molecule has 1 N–H and O–H groups in total. The average Bonchev–Trinajstić information content (AvgIpc) is 2.72. The molecule has 3 aromatic rings. The Hall–Kier alpha value is -3.49. The van der Waals surface area contributed by atoms with Gasteiger partial charge in [-0.15, -0.1) is 18.3 Å². The van der Waals surface area contributed by atoms with Gasteiger partial charge in [-0.3, -0.25) is 0 Å². The van der Waals surface area contributed by atoms with Crippen molar-refractivity contribution in [2.24, 2.45) is 10.2 Å². The van der Waals surface area contributed by atoms with Crippen molar-refractivity contribution in [2.45, 2.75) is 19.1 Å². The Morgan fingerprint density at radius 1 is 0.941 bits per heavy atom. The topological polar surface area (TPSA) is 93.9 Å². The third-order valence-corrected chi connectivity index (χ3v) is 4.11. The second-order valence-electron chi connectivity index (χ2n) is 6.37. The van der Waals surface area contributed by atoms with Gasteiger partial charge in [-0.2, -0.15) is 33.2 Å². The molecule has 3 rings (SSSR count). The quantitative estimate of drug-likeness (QED) is 0.254. The summed E-state index contributed by atoms with van der Waals surface area (Å²) in [6, 6.07) is 11.0. The predicted octanol–water partition coefficient (Wildman–Crippen LogP) is 6.50. The number of hydrogen-bond acceptors (Lipinski definition) is 8. The number of nitrogens with zero attached hydrogens (tertiary/aromatic N) is 5. The van der Waals surface area contributed by atoms with Crippen molar-refractivity contribution < 1.29 is 35.8 Å². The minimum Gasteiger partial charge on any atom is -0.454 e. The van der Waals surface area contributed by atoms with Crippen LogP contribution in [0, 0.1) is 0 Å². The first-order valence-electron chi connectivity index (χ1n) is 9.16. The van der Waals surface area contributed by atoms with Gasteiger partial charge in [0.2, 0.25) is 5.95 Å². The Labute approximate surface area is 196 Å². The number of halogens is 7. The summed E-state index contributed by atoms with van der Waals surface area (Å²) in [5, 5.41) is 10.3. The SMILES string of the molecule is FC(F)(F)COc1nc(N=NCc2cccc(Br)c2)nc(Nc2ccc(OC(F)(F)F)cc2)n1. The molecule has 0 saturated carbocycles. The van der Waals surface area contributed by atoms with E-state index < -0.39 is 30.9 Å². The molecule has 0 spiro atoms. The van der Waals surface area contributed by atoms with Gasteiger partial charge in [0.15, 0.2) is 6.61 Å². The van der Waals surface area contributed by atoms with Gasteiger partial charge < -0.3 is 14.8 Å². The van der Waals surface area contributed by atoms with Gasteiger partial charge in [-0.05, 0) is 42.0 Å². The summed E-state index contributed by atoms with van der Waals surface area (Å²) in [5.74, 6) is -1.08. The minimum atomic E-state index is -4.86. The van der Waals surface area contributed by atoms with Crippen LogP contribution in [0.25, 0.3) is 0 Å². The number of benzene rings is 2. The van der Waals surface area contributed by atoms with Crippen molar-refractivity contribution in [2.75, 3.05) is 11.9 Å². The van der Waals surface area contributed by atoms with Gasteiger partial charge in [0.1, 0.15) is 5.75 Å². The van der Waals surface area contributed by atoms with E-state index in [0.29, 0.717) is 0 Å². The van der Waals surface area contributed by atoms with Gasteiger partial charge in [0.25, 0.3) is 5.95 Å². The monoisotopic (exact) mass is 550 g/mol. The summed E-state index contributed by atoms with van der Waals surface area (Å²) < 4.78 is 83.6. The van der Waals surface area contributed by atoms with Gasteiger partial charge in [0.05, 0.1) is 6.54 Å². The maximum atomic E-state index is 12.5. The molecule has 0 aliphatic carbocycles. The van der Waals surface area contributed by atoms with E-state index in [1.165, 1.54) is 12.1 Å². The van der Waals surface area contributed by atoms with Crippen molar-refractivity contribution in [1.82, 2.24) is 15.0 Å². The molecular formula is C19H13BrF6N6O2. The van der Waals surface area contributed by atoms with Crippen LogP contribution in [0.1, 0.15) is 5.56 Å². The van der Waals surface area contributed by atoms with Crippen LogP contribution in [0.5, 0.6) is 11.8 Å². The molecule has 0 radical (unpaired) electrons. The van der Waals surface area contributed by atoms with Crippen LogP contribution in [-0.2, 0) is 6.54 Å². The number of ether oxygens (including phenoxy) is 2. The lowest BCUT2D eigenvalue weighted by Crippen LogP contribution is -2.20. The molecule has 0 aliphatic heterocycles. The van der Waals surface area contributed by atoms with E-state index in [4.69, 9.17) is 0 Å². The van der Waals surface area contributed by atoms with Crippen molar-refractivity contribution >= 4 is 33.5 Å². The normalized spacial score (nSPS) is 12.1. The van der Waals surface area contributed by atoms with E-state index in [9.17, 15) is 26.3 Å². The Balaban J connectivity index is 1.78. The van der Waals surface area contributed by atoms with Gasteiger partial charge >= 0.3 is 18.5 Å². The molecule has 1 aromatic heterocycles. The number of aromatic nitrogens is 3. The smallest absolute Gasteiger partial charge is 0.454 e. The van der Waals surface area contributed by atoms with E-state index in [1.807, 2.05) is 6.07 Å². The number of hydrogen-bond donors (Lipinski definition) is 1. The van der Waals surface area contributed by atoms with Crippen LogP contribution in [0.2, 0.25) is 0 Å². The lowest BCUT2D eigenvalue weighted by molar-refractivity contribution is -0.274. The zero-order chi connectivity index (χ0) is 24.8. The highest BCUT2D eigenvalue weighted by atomic mass is 79.9. The lowest BCUT2D eigenvalue weighted by atomic mass is 10.2.